The Kier molecular flexibility index (Phi) is 7.07. The van der Waals surface area contributed by atoms with E-state index in [1.165, 1.54) is 22.5 Å². The van der Waals surface area contributed by atoms with Gasteiger partial charge in [0.05, 0.1) is 26.9 Å². The van der Waals surface area contributed by atoms with Crippen molar-refractivity contribution in [2.45, 2.75) is 39.5 Å². The molecule has 0 unspecified atom stereocenters. The van der Waals surface area contributed by atoms with E-state index >= 15 is 0 Å². The van der Waals surface area contributed by atoms with Gasteiger partial charge in [-0.2, -0.15) is 9.40 Å². The number of hydrogen-bond acceptors (Lipinski definition) is 4. The van der Waals surface area contributed by atoms with Gasteiger partial charge in [0, 0.05) is 19.2 Å². The Morgan fingerprint density at radius 1 is 1.03 bits per heavy atom. The minimum atomic E-state index is -3.73. The average Bonchev–Trinajstić information content (AvgIpc) is 3.08. The third kappa shape index (κ3) is 4.87. The van der Waals surface area contributed by atoms with Gasteiger partial charge in [0.1, 0.15) is 5.82 Å². The molecule has 2 aromatic carbocycles. The molecule has 9 heteroatoms. The molecule has 1 aromatic heterocycles. The first kappa shape index (κ1) is 24.0. The lowest BCUT2D eigenvalue weighted by atomic mass is 10.1. The zero-order valence-corrected chi connectivity index (χ0v) is 20.4. The first-order valence-electron chi connectivity index (χ1n) is 10.3. The third-order valence-corrected chi connectivity index (χ3v) is 7.43. The Morgan fingerprint density at radius 2 is 1.66 bits per heavy atom. The summed E-state index contributed by atoms with van der Waals surface area (Å²) in [4.78, 5) is 13.1. The Labute approximate surface area is 194 Å². The fraction of sp³-hybridized carbons (Fsp3) is 0.304. The van der Waals surface area contributed by atoms with Crippen LogP contribution in [0.5, 0.6) is 0 Å². The van der Waals surface area contributed by atoms with Crippen LogP contribution in [0.25, 0.3) is 5.69 Å². The van der Waals surface area contributed by atoms with Crippen molar-refractivity contribution in [3.63, 3.8) is 0 Å². The third-order valence-electron chi connectivity index (χ3n) is 5.05. The van der Waals surface area contributed by atoms with Crippen LogP contribution in [0.1, 0.15) is 41.0 Å². The Morgan fingerprint density at radius 3 is 2.25 bits per heavy atom. The van der Waals surface area contributed by atoms with Gasteiger partial charge in [0.15, 0.2) is 0 Å². The van der Waals surface area contributed by atoms with E-state index in [0.29, 0.717) is 18.9 Å². The van der Waals surface area contributed by atoms with E-state index in [2.05, 4.69) is 16.5 Å². The second-order valence-corrected chi connectivity index (χ2v) is 9.96. The topological polar surface area (TPSA) is 84.3 Å². The highest BCUT2D eigenvalue weighted by atomic mass is 35.5. The zero-order valence-electron chi connectivity index (χ0n) is 18.8. The summed E-state index contributed by atoms with van der Waals surface area (Å²) in [6, 6.07) is 11.9. The second kappa shape index (κ2) is 9.44. The maximum Gasteiger partial charge on any atom is 0.258 e. The highest BCUT2D eigenvalue weighted by Gasteiger charge is 2.24. The average molecular weight is 475 g/mol. The van der Waals surface area contributed by atoms with E-state index in [-0.39, 0.29) is 15.5 Å². The number of benzene rings is 2. The molecule has 0 aliphatic rings. The van der Waals surface area contributed by atoms with Gasteiger partial charge in [0.25, 0.3) is 5.91 Å². The highest BCUT2D eigenvalue weighted by Crippen LogP contribution is 2.25. The summed E-state index contributed by atoms with van der Waals surface area (Å²) in [6.45, 7) is 10.0. The van der Waals surface area contributed by atoms with Crippen LogP contribution in [-0.2, 0) is 10.0 Å². The molecule has 3 rings (SSSR count). The van der Waals surface area contributed by atoms with E-state index in [9.17, 15) is 13.2 Å². The zero-order chi connectivity index (χ0) is 23.6. The molecule has 0 atom stereocenters. The van der Waals surface area contributed by atoms with Crippen molar-refractivity contribution in [3.05, 3.63) is 69.9 Å². The molecule has 32 heavy (non-hydrogen) atoms. The number of carbonyl (C=O) groups is 1. The van der Waals surface area contributed by atoms with E-state index in [4.69, 9.17) is 11.6 Å². The lowest BCUT2D eigenvalue weighted by Gasteiger charge is -2.19. The van der Waals surface area contributed by atoms with Crippen LogP contribution < -0.4 is 5.32 Å². The van der Waals surface area contributed by atoms with Crippen LogP contribution in [0, 0.1) is 20.8 Å². The molecule has 0 spiro atoms. The predicted octanol–water partition coefficient (Wildman–Crippen LogP) is 4.73. The normalized spacial score (nSPS) is 11.7. The summed E-state index contributed by atoms with van der Waals surface area (Å²) in [5.74, 6) is -0.0531. The van der Waals surface area contributed by atoms with Gasteiger partial charge in [-0.15, -0.1) is 0 Å². The van der Waals surface area contributed by atoms with Gasteiger partial charge >= 0.3 is 0 Å². The van der Waals surface area contributed by atoms with Crippen LogP contribution >= 0.6 is 11.6 Å². The molecule has 1 N–H and O–H groups in total. The number of carbonyl (C=O) groups excluding carboxylic acids is 1. The standard InChI is InChI=1S/C23H27ClN4O3S/c1-6-27(7-2)32(30,31)19-8-9-21(24)20(14-19)23(29)25-22-13-17(5)26-28(22)18-11-15(3)10-16(4)12-18/h8-14H,6-7H2,1-5H3,(H,25,29). The molecular formula is C23H27ClN4O3S. The predicted molar refractivity (Wildman–Crippen MR) is 127 cm³/mol. The fourth-order valence-electron chi connectivity index (χ4n) is 3.59. The van der Waals surface area contributed by atoms with Crippen molar-refractivity contribution in [2.75, 3.05) is 18.4 Å². The maximum absolute atomic E-state index is 13.1. The van der Waals surface area contributed by atoms with Crippen LogP contribution in [0.4, 0.5) is 5.82 Å². The van der Waals surface area contributed by atoms with Crippen LogP contribution in [0.15, 0.2) is 47.4 Å². The number of aryl methyl sites for hydroxylation is 3. The number of hydrogen-bond donors (Lipinski definition) is 1. The summed E-state index contributed by atoms with van der Waals surface area (Å²) < 4.78 is 28.7. The molecule has 0 fully saturated rings. The molecule has 0 saturated heterocycles. The fourth-order valence-corrected chi connectivity index (χ4v) is 5.28. The smallest absolute Gasteiger partial charge is 0.258 e. The molecule has 3 aromatic rings. The molecule has 7 nitrogen and oxygen atoms in total. The van der Waals surface area contributed by atoms with E-state index < -0.39 is 15.9 Å². The number of anilines is 1. The molecule has 1 heterocycles. The SMILES string of the molecule is CCN(CC)S(=O)(=O)c1ccc(Cl)c(C(=O)Nc2cc(C)nn2-c2cc(C)cc(C)c2)c1. The van der Waals surface area contributed by atoms with Gasteiger partial charge < -0.3 is 5.32 Å². The van der Waals surface area contributed by atoms with Gasteiger partial charge in [-0.3, -0.25) is 4.79 Å². The molecule has 0 aliphatic heterocycles. The number of amides is 1. The van der Waals surface area contributed by atoms with Crippen LogP contribution in [0.2, 0.25) is 5.02 Å². The summed E-state index contributed by atoms with van der Waals surface area (Å²) >= 11 is 6.27. The van der Waals surface area contributed by atoms with Crippen molar-refractivity contribution in [1.82, 2.24) is 14.1 Å². The van der Waals surface area contributed by atoms with Crippen LogP contribution in [0.3, 0.4) is 0 Å². The van der Waals surface area contributed by atoms with E-state index in [1.54, 1.807) is 24.6 Å². The molecule has 0 bridgehead atoms. The number of nitrogens with zero attached hydrogens (tertiary/aromatic N) is 3. The summed E-state index contributed by atoms with van der Waals surface area (Å²) in [5.41, 5.74) is 3.76. The number of rotatable bonds is 7. The van der Waals surface area contributed by atoms with E-state index in [0.717, 1.165) is 22.5 Å². The minimum Gasteiger partial charge on any atom is -0.306 e. The highest BCUT2D eigenvalue weighted by molar-refractivity contribution is 7.89. The summed E-state index contributed by atoms with van der Waals surface area (Å²) in [7, 11) is -3.73. The van der Waals surface area contributed by atoms with E-state index in [1.807, 2.05) is 32.9 Å². The lowest BCUT2D eigenvalue weighted by molar-refractivity contribution is 0.102. The molecular weight excluding hydrogens is 448 g/mol. The van der Waals surface area contributed by atoms with Crippen molar-refractivity contribution < 1.29 is 13.2 Å². The van der Waals surface area contributed by atoms with Gasteiger partial charge in [0.2, 0.25) is 10.0 Å². The van der Waals surface area contributed by atoms with Crippen molar-refractivity contribution in [2.24, 2.45) is 0 Å². The van der Waals surface area contributed by atoms with Crippen molar-refractivity contribution >= 4 is 33.3 Å². The summed E-state index contributed by atoms with van der Waals surface area (Å²) in [6.07, 6.45) is 0. The first-order valence-corrected chi connectivity index (χ1v) is 12.1. The van der Waals surface area contributed by atoms with Crippen LogP contribution in [-0.4, -0.2) is 41.5 Å². The molecule has 0 saturated carbocycles. The number of nitrogens with one attached hydrogen (secondary N) is 1. The Hall–Kier alpha value is -2.68. The molecule has 0 aliphatic carbocycles. The number of sulfonamides is 1. The number of halogens is 1. The Balaban J connectivity index is 1.99. The monoisotopic (exact) mass is 474 g/mol. The largest absolute Gasteiger partial charge is 0.306 e. The van der Waals surface area contributed by atoms with Crippen molar-refractivity contribution in [3.8, 4) is 5.69 Å². The van der Waals surface area contributed by atoms with Gasteiger partial charge in [-0.05, 0) is 62.2 Å². The molecule has 170 valence electrons. The molecule has 0 radical (unpaired) electrons. The number of aromatic nitrogens is 2. The minimum absolute atomic E-state index is 0.0229. The molecule has 1 amide bonds. The van der Waals surface area contributed by atoms with Gasteiger partial charge in [-0.1, -0.05) is 31.5 Å². The maximum atomic E-state index is 13.1. The second-order valence-electron chi connectivity index (χ2n) is 7.61. The Bertz CT molecular complexity index is 1240. The van der Waals surface area contributed by atoms with Gasteiger partial charge in [-0.25, -0.2) is 13.1 Å². The first-order chi connectivity index (χ1) is 15.1. The van der Waals surface area contributed by atoms with Crippen molar-refractivity contribution in [1.29, 1.82) is 0 Å². The summed E-state index contributed by atoms with van der Waals surface area (Å²) in [5, 5.41) is 7.49. The quantitative estimate of drug-likeness (QED) is 0.536. The lowest BCUT2D eigenvalue weighted by Crippen LogP contribution is -2.30.